The number of aryl methyl sites for hydroxylation is 1. The first kappa shape index (κ1) is 22.5. The molecule has 0 radical (unpaired) electrons. The monoisotopic (exact) mass is 407 g/mol. The topological polar surface area (TPSA) is 47.0 Å². The molecule has 0 spiro atoms. The molecule has 1 N–H and O–H groups in total. The zero-order chi connectivity index (χ0) is 21.8. The van der Waals surface area contributed by atoms with Crippen molar-refractivity contribution in [3.05, 3.63) is 46.8 Å². The van der Waals surface area contributed by atoms with Gasteiger partial charge in [0, 0.05) is 31.5 Å². The largest absolute Gasteiger partial charge is 0.384 e. The van der Waals surface area contributed by atoms with Crippen molar-refractivity contribution in [2.24, 2.45) is 11.8 Å². The van der Waals surface area contributed by atoms with Gasteiger partial charge >= 0.3 is 0 Å². The first-order valence-corrected chi connectivity index (χ1v) is 11.3. The predicted molar refractivity (Wildman–Crippen MR) is 127 cm³/mol. The molecule has 2 aromatic rings. The molecule has 2 atom stereocenters. The van der Waals surface area contributed by atoms with Crippen molar-refractivity contribution in [2.45, 2.75) is 60.3 Å². The maximum Gasteiger partial charge on any atom is 0.135 e. The number of aromatic nitrogens is 2. The van der Waals surface area contributed by atoms with Crippen molar-refractivity contribution in [1.82, 2.24) is 9.97 Å². The minimum Gasteiger partial charge on any atom is -0.384 e. The Bertz CT molecular complexity index is 917. The lowest BCUT2D eigenvalue weighted by atomic mass is 9.79. The highest BCUT2D eigenvalue weighted by Crippen LogP contribution is 2.37. The average Bonchev–Trinajstić information content (AvgIpc) is 2.71. The van der Waals surface area contributed by atoms with E-state index in [1.807, 2.05) is 0 Å². The third-order valence-corrected chi connectivity index (χ3v) is 6.20. The minimum absolute atomic E-state index is 0.398. The van der Waals surface area contributed by atoms with Gasteiger partial charge in [0.15, 0.2) is 0 Å². The number of hydrogen-bond acceptors (Lipinski definition) is 4. The van der Waals surface area contributed by atoms with Crippen molar-refractivity contribution in [3.63, 3.8) is 0 Å². The first-order chi connectivity index (χ1) is 14.4. The zero-order valence-corrected chi connectivity index (χ0v) is 19.7. The molecule has 2 heterocycles. The van der Waals surface area contributed by atoms with Crippen LogP contribution in [0.4, 0.5) is 5.82 Å². The molecule has 0 aromatic carbocycles. The fraction of sp³-hybridized carbons (Fsp3) is 0.538. The SMILES string of the molecule is CCNc1nc(C(C)C)ccc1-c1nc2c(cc1C)C[C@H]([C@H](CC)COC)C=C2C. The molecule has 0 aliphatic heterocycles. The van der Waals surface area contributed by atoms with Gasteiger partial charge in [-0.1, -0.05) is 39.3 Å². The smallest absolute Gasteiger partial charge is 0.135 e. The summed E-state index contributed by atoms with van der Waals surface area (Å²) in [4.78, 5) is 10.1. The van der Waals surface area contributed by atoms with Gasteiger partial charge in [0.05, 0.1) is 11.4 Å². The third-order valence-electron chi connectivity index (χ3n) is 6.20. The van der Waals surface area contributed by atoms with Crippen LogP contribution in [0.15, 0.2) is 24.3 Å². The molecule has 0 amide bonds. The van der Waals surface area contributed by atoms with E-state index in [2.05, 4.69) is 71.1 Å². The van der Waals surface area contributed by atoms with Gasteiger partial charge in [0.1, 0.15) is 5.82 Å². The van der Waals surface area contributed by atoms with Gasteiger partial charge in [-0.2, -0.15) is 0 Å². The van der Waals surface area contributed by atoms with E-state index in [-0.39, 0.29) is 0 Å². The average molecular weight is 408 g/mol. The van der Waals surface area contributed by atoms with Crippen LogP contribution < -0.4 is 5.32 Å². The second-order valence-corrected chi connectivity index (χ2v) is 8.82. The van der Waals surface area contributed by atoms with Crippen LogP contribution in [0.1, 0.15) is 69.5 Å². The highest BCUT2D eigenvalue weighted by molar-refractivity contribution is 5.78. The standard InChI is InChI=1S/C26H37N3O/c1-8-19(15-30-7)20-12-17(5)24-21(14-20)13-18(6)25(29-24)22-10-11-23(16(3)4)28-26(22)27-9-2/h10-13,16,19-20H,8-9,14-15H2,1-7H3,(H,27,28)/t19-,20-/m1/s1. The number of allylic oxidation sites excluding steroid dienone is 2. The van der Waals surface area contributed by atoms with Gasteiger partial charge in [-0.05, 0) is 73.8 Å². The Morgan fingerprint density at radius 3 is 2.53 bits per heavy atom. The molecule has 30 heavy (non-hydrogen) atoms. The van der Waals surface area contributed by atoms with Crippen LogP contribution in [-0.2, 0) is 11.2 Å². The molecule has 0 saturated heterocycles. The summed E-state index contributed by atoms with van der Waals surface area (Å²) in [6.07, 6.45) is 4.57. The van der Waals surface area contributed by atoms with Gasteiger partial charge in [0.25, 0.3) is 0 Å². The van der Waals surface area contributed by atoms with Crippen molar-refractivity contribution < 1.29 is 4.74 Å². The van der Waals surface area contributed by atoms with E-state index in [4.69, 9.17) is 14.7 Å². The van der Waals surface area contributed by atoms with Crippen LogP contribution in [0.2, 0.25) is 0 Å². The van der Waals surface area contributed by atoms with E-state index in [0.29, 0.717) is 17.8 Å². The zero-order valence-electron chi connectivity index (χ0n) is 19.7. The predicted octanol–water partition coefficient (Wildman–Crippen LogP) is 6.26. The summed E-state index contributed by atoms with van der Waals surface area (Å²) >= 11 is 0. The maximum atomic E-state index is 5.48. The fourth-order valence-electron chi connectivity index (χ4n) is 4.50. The lowest BCUT2D eigenvalue weighted by Crippen LogP contribution is -2.23. The highest BCUT2D eigenvalue weighted by atomic mass is 16.5. The quantitative estimate of drug-likeness (QED) is 0.561. The number of fused-ring (bicyclic) bond motifs is 1. The molecule has 0 fully saturated rings. The molecule has 1 aliphatic rings. The molecule has 4 heteroatoms. The highest BCUT2D eigenvalue weighted by Gasteiger charge is 2.26. The molecule has 1 aliphatic carbocycles. The summed E-state index contributed by atoms with van der Waals surface area (Å²) in [7, 11) is 1.80. The van der Waals surface area contributed by atoms with Crippen LogP contribution in [0.5, 0.6) is 0 Å². The summed E-state index contributed by atoms with van der Waals surface area (Å²) in [6.45, 7) is 14.7. The normalized spacial score (nSPS) is 16.9. The maximum absolute atomic E-state index is 5.48. The Morgan fingerprint density at radius 2 is 1.90 bits per heavy atom. The number of ether oxygens (including phenoxy) is 1. The Morgan fingerprint density at radius 1 is 1.13 bits per heavy atom. The van der Waals surface area contributed by atoms with E-state index >= 15 is 0 Å². The Balaban J connectivity index is 2.04. The van der Waals surface area contributed by atoms with Crippen LogP contribution >= 0.6 is 0 Å². The van der Waals surface area contributed by atoms with Gasteiger partial charge in [-0.15, -0.1) is 0 Å². The number of methoxy groups -OCH3 is 1. The van der Waals surface area contributed by atoms with Crippen molar-refractivity contribution in [1.29, 1.82) is 0 Å². The minimum atomic E-state index is 0.398. The van der Waals surface area contributed by atoms with Crippen LogP contribution in [0.3, 0.4) is 0 Å². The summed E-state index contributed by atoms with van der Waals surface area (Å²) in [5, 5.41) is 3.45. The van der Waals surface area contributed by atoms with E-state index in [0.717, 1.165) is 54.5 Å². The Hall–Kier alpha value is -2.20. The lowest BCUT2D eigenvalue weighted by molar-refractivity contribution is 0.129. The Labute approximate surface area is 182 Å². The van der Waals surface area contributed by atoms with Crippen LogP contribution in [0.25, 0.3) is 16.8 Å². The van der Waals surface area contributed by atoms with E-state index < -0.39 is 0 Å². The van der Waals surface area contributed by atoms with E-state index in [9.17, 15) is 0 Å². The van der Waals surface area contributed by atoms with Crippen LogP contribution in [-0.4, -0.2) is 30.2 Å². The molecular weight excluding hydrogens is 370 g/mol. The number of nitrogens with one attached hydrogen (secondary N) is 1. The number of pyridine rings is 2. The van der Waals surface area contributed by atoms with Crippen molar-refractivity contribution in [2.75, 3.05) is 25.6 Å². The summed E-state index contributed by atoms with van der Waals surface area (Å²) < 4.78 is 5.48. The Kier molecular flexibility index (Phi) is 7.30. The number of nitrogens with zero attached hydrogens (tertiary/aromatic N) is 2. The molecule has 3 rings (SSSR count). The molecule has 0 saturated carbocycles. The summed E-state index contributed by atoms with van der Waals surface area (Å²) in [5.74, 6) is 2.39. The molecule has 0 bridgehead atoms. The fourth-order valence-corrected chi connectivity index (χ4v) is 4.50. The second-order valence-electron chi connectivity index (χ2n) is 8.82. The first-order valence-electron chi connectivity index (χ1n) is 11.3. The lowest BCUT2D eigenvalue weighted by Gasteiger charge is -2.29. The summed E-state index contributed by atoms with van der Waals surface area (Å²) in [5.41, 5.74) is 8.19. The van der Waals surface area contributed by atoms with Gasteiger partial charge in [0.2, 0.25) is 0 Å². The molecule has 162 valence electrons. The van der Waals surface area contributed by atoms with Crippen molar-refractivity contribution in [3.8, 4) is 11.3 Å². The van der Waals surface area contributed by atoms with Crippen LogP contribution in [0, 0.1) is 18.8 Å². The van der Waals surface area contributed by atoms with E-state index in [1.54, 1.807) is 7.11 Å². The van der Waals surface area contributed by atoms with E-state index in [1.165, 1.54) is 16.7 Å². The number of hydrogen-bond donors (Lipinski definition) is 1. The number of rotatable bonds is 8. The molecule has 4 nitrogen and oxygen atoms in total. The second kappa shape index (κ2) is 9.74. The molecule has 2 aromatic heterocycles. The van der Waals surface area contributed by atoms with Gasteiger partial charge in [-0.3, -0.25) is 0 Å². The molecular formula is C26H37N3O. The summed E-state index contributed by atoms with van der Waals surface area (Å²) in [6, 6.07) is 6.65. The van der Waals surface area contributed by atoms with Gasteiger partial charge in [-0.25, -0.2) is 9.97 Å². The van der Waals surface area contributed by atoms with Gasteiger partial charge < -0.3 is 10.1 Å². The number of anilines is 1. The molecule has 0 unspecified atom stereocenters. The third kappa shape index (κ3) is 4.59. The van der Waals surface area contributed by atoms with Crippen molar-refractivity contribution >= 4 is 11.4 Å².